The molecule has 2 rings (SSSR count). The maximum atomic E-state index is 3.55. The van der Waals surface area contributed by atoms with Crippen molar-refractivity contribution in [1.82, 2.24) is 10.6 Å². The van der Waals surface area contributed by atoms with E-state index in [-0.39, 0.29) is 0 Å². The van der Waals surface area contributed by atoms with Crippen LogP contribution in [0.1, 0.15) is 29.7 Å². The molecule has 1 unspecified atom stereocenters. The van der Waals surface area contributed by atoms with E-state index in [4.69, 9.17) is 0 Å². The van der Waals surface area contributed by atoms with E-state index < -0.39 is 0 Å². The van der Waals surface area contributed by atoms with Gasteiger partial charge >= 0.3 is 0 Å². The molecule has 84 valence electrons. The van der Waals surface area contributed by atoms with E-state index in [1.54, 1.807) is 0 Å². The number of thiophene rings is 1. The normalized spacial score (nSPS) is 21.8. The summed E-state index contributed by atoms with van der Waals surface area (Å²) in [5.74, 6) is 0. The lowest BCUT2D eigenvalue weighted by molar-refractivity contribution is 0.383. The van der Waals surface area contributed by atoms with Gasteiger partial charge in [-0.3, -0.25) is 0 Å². The molecule has 1 aromatic heterocycles. The fourth-order valence-electron chi connectivity index (χ4n) is 2.04. The van der Waals surface area contributed by atoms with Crippen molar-refractivity contribution in [3.8, 4) is 0 Å². The van der Waals surface area contributed by atoms with Gasteiger partial charge in [0.2, 0.25) is 0 Å². The van der Waals surface area contributed by atoms with Gasteiger partial charge in [0.05, 0.1) is 0 Å². The molecule has 15 heavy (non-hydrogen) atoms. The largest absolute Gasteiger partial charge is 0.313 e. The highest BCUT2D eigenvalue weighted by atomic mass is 32.1. The molecule has 3 heteroatoms. The van der Waals surface area contributed by atoms with E-state index in [0.717, 1.165) is 13.1 Å². The average molecular weight is 224 g/mol. The molecule has 0 amide bonds. The minimum absolute atomic E-state index is 0.694. The van der Waals surface area contributed by atoms with Crippen molar-refractivity contribution < 1.29 is 0 Å². The minimum atomic E-state index is 0.694. The summed E-state index contributed by atoms with van der Waals surface area (Å²) >= 11 is 1.85. The van der Waals surface area contributed by atoms with Crippen molar-refractivity contribution in [2.75, 3.05) is 13.1 Å². The number of nitrogens with one attached hydrogen (secondary N) is 2. The first-order chi connectivity index (χ1) is 7.36. The Morgan fingerprint density at radius 1 is 1.53 bits per heavy atom. The summed E-state index contributed by atoms with van der Waals surface area (Å²) in [5, 5.41) is 9.27. The van der Waals surface area contributed by atoms with Crippen LogP contribution in [0.25, 0.3) is 0 Å². The lowest BCUT2D eigenvalue weighted by atomic mass is 10.1. The fraction of sp³-hybridized carbons (Fsp3) is 0.667. The molecule has 1 saturated heterocycles. The van der Waals surface area contributed by atoms with Crippen LogP contribution in [0.4, 0.5) is 0 Å². The molecule has 0 radical (unpaired) electrons. The second kappa shape index (κ2) is 5.64. The predicted molar refractivity (Wildman–Crippen MR) is 66.4 cm³/mol. The van der Waals surface area contributed by atoms with Gasteiger partial charge in [-0.15, -0.1) is 11.3 Å². The Morgan fingerprint density at radius 2 is 2.47 bits per heavy atom. The molecule has 1 aliphatic rings. The zero-order valence-corrected chi connectivity index (χ0v) is 10.2. The van der Waals surface area contributed by atoms with Crippen LogP contribution in [0.15, 0.2) is 11.4 Å². The molecule has 2 heterocycles. The van der Waals surface area contributed by atoms with Crippen LogP contribution in [0.3, 0.4) is 0 Å². The van der Waals surface area contributed by atoms with Crippen molar-refractivity contribution >= 4 is 11.3 Å². The summed E-state index contributed by atoms with van der Waals surface area (Å²) in [6, 6.07) is 2.89. The molecule has 2 N–H and O–H groups in total. The van der Waals surface area contributed by atoms with E-state index in [1.165, 1.54) is 36.2 Å². The predicted octanol–water partition coefficient (Wildman–Crippen LogP) is 2.29. The Balaban J connectivity index is 1.68. The number of rotatable bonds is 4. The smallest absolute Gasteiger partial charge is 0.0303 e. The van der Waals surface area contributed by atoms with E-state index in [9.17, 15) is 0 Å². The lowest BCUT2D eigenvalue weighted by Gasteiger charge is -2.23. The standard InChI is InChI=1S/C12H20N2S/c1-10-5-7-15-12(10)9-13-8-11-4-2-3-6-14-11/h5,7,11,13-14H,2-4,6,8-9H2,1H3. The third kappa shape index (κ3) is 3.30. The molecule has 0 spiro atoms. The van der Waals surface area contributed by atoms with E-state index in [0.29, 0.717) is 6.04 Å². The second-order valence-electron chi connectivity index (χ2n) is 4.30. The van der Waals surface area contributed by atoms with Gasteiger partial charge in [0.15, 0.2) is 0 Å². The summed E-state index contributed by atoms with van der Waals surface area (Å²) in [5.41, 5.74) is 1.42. The molecule has 0 aliphatic carbocycles. The minimum Gasteiger partial charge on any atom is -0.313 e. The monoisotopic (exact) mass is 224 g/mol. The van der Waals surface area contributed by atoms with Gasteiger partial charge < -0.3 is 10.6 Å². The third-order valence-electron chi connectivity index (χ3n) is 3.06. The highest BCUT2D eigenvalue weighted by molar-refractivity contribution is 7.10. The maximum Gasteiger partial charge on any atom is 0.0303 e. The lowest BCUT2D eigenvalue weighted by Crippen LogP contribution is -2.41. The van der Waals surface area contributed by atoms with Crippen LogP contribution in [0, 0.1) is 6.92 Å². The van der Waals surface area contributed by atoms with Crippen molar-refractivity contribution in [1.29, 1.82) is 0 Å². The van der Waals surface area contributed by atoms with Gasteiger partial charge in [0.25, 0.3) is 0 Å². The topological polar surface area (TPSA) is 24.1 Å². The fourth-order valence-corrected chi connectivity index (χ4v) is 2.92. The van der Waals surface area contributed by atoms with Crippen molar-refractivity contribution in [3.05, 3.63) is 21.9 Å². The SMILES string of the molecule is Cc1ccsc1CNCC1CCCCN1. The molecule has 0 saturated carbocycles. The average Bonchev–Trinajstić information content (AvgIpc) is 2.66. The molecular formula is C12H20N2S. The van der Waals surface area contributed by atoms with Gasteiger partial charge in [-0.1, -0.05) is 6.42 Å². The highest BCUT2D eigenvalue weighted by Crippen LogP contribution is 2.15. The summed E-state index contributed by atoms with van der Waals surface area (Å²) in [6.45, 7) is 5.52. The number of piperidine rings is 1. The van der Waals surface area contributed by atoms with Crippen LogP contribution >= 0.6 is 11.3 Å². The van der Waals surface area contributed by atoms with Gasteiger partial charge in [-0.2, -0.15) is 0 Å². The van der Waals surface area contributed by atoms with Crippen molar-refractivity contribution in [2.24, 2.45) is 0 Å². The molecule has 1 fully saturated rings. The van der Waals surface area contributed by atoms with Crippen LogP contribution in [-0.4, -0.2) is 19.1 Å². The molecule has 0 aromatic carbocycles. The summed E-state index contributed by atoms with van der Waals surface area (Å²) in [6.07, 6.45) is 4.06. The Morgan fingerprint density at radius 3 is 3.13 bits per heavy atom. The second-order valence-corrected chi connectivity index (χ2v) is 5.31. The molecule has 1 aliphatic heterocycles. The molecule has 2 nitrogen and oxygen atoms in total. The number of aryl methyl sites for hydroxylation is 1. The zero-order valence-electron chi connectivity index (χ0n) is 9.38. The first-order valence-corrected chi connectivity index (χ1v) is 6.71. The Bertz CT molecular complexity index is 290. The van der Waals surface area contributed by atoms with E-state index >= 15 is 0 Å². The van der Waals surface area contributed by atoms with Crippen LogP contribution in [-0.2, 0) is 6.54 Å². The molecular weight excluding hydrogens is 204 g/mol. The van der Waals surface area contributed by atoms with Gasteiger partial charge in [-0.25, -0.2) is 0 Å². The van der Waals surface area contributed by atoms with Crippen molar-refractivity contribution in [3.63, 3.8) is 0 Å². The van der Waals surface area contributed by atoms with Crippen LogP contribution in [0.2, 0.25) is 0 Å². The first kappa shape index (κ1) is 11.1. The Hall–Kier alpha value is -0.380. The van der Waals surface area contributed by atoms with Crippen LogP contribution in [0.5, 0.6) is 0 Å². The van der Waals surface area contributed by atoms with E-state index in [2.05, 4.69) is 29.0 Å². The quantitative estimate of drug-likeness (QED) is 0.820. The summed E-state index contributed by atoms with van der Waals surface area (Å²) in [4.78, 5) is 1.48. The summed E-state index contributed by atoms with van der Waals surface area (Å²) in [7, 11) is 0. The van der Waals surface area contributed by atoms with Crippen LogP contribution < -0.4 is 10.6 Å². The zero-order chi connectivity index (χ0) is 10.5. The van der Waals surface area contributed by atoms with Gasteiger partial charge in [0, 0.05) is 24.0 Å². The van der Waals surface area contributed by atoms with Gasteiger partial charge in [0.1, 0.15) is 0 Å². The number of hydrogen-bond acceptors (Lipinski definition) is 3. The molecule has 0 bridgehead atoms. The Kier molecular flexibility index (Phi) is 4.18. The Labute approximate surface area is 96.1 Å². The highest BCUT2D eigenvalue weighted by Gasteiger charge is 2.11. The summed E-state index contributed by atoms with van der Waals surface area (Å²) < 4.78 is 0. The van der Waals surface area contributed by atoms with Gasteiger partial charge in [-0.05, 0) is 43.3 Å². The third-order valence-corrected chi connectivity index (χ3v) is 4.08. The number of hydrogen-bond donors (Lipinski definition) is 2. The molecule has 1 aromatic rings. The van der Waals surface area contributed by atoms with Crippen molar-refractivity contribution in [2.45, 2.75) is 38.8 Å². The first-order valence-electron chi connectivity index (χ1n) is 5.83. The maximum absolute atomic E-state index is 3.55. The molecule has 1 atom stereocenters. The van der Waals surface area contributed by atoms with E-state index in [1.807, 2.05) is 11.3 Å².